The Morgan fingerprint density at radius 2 is 2.24 bits per heavy atom. The minimum Gasteiger partial charge on any atom is -0.313 e. The average Bonchev–Trinajstić information content (AvgIpc) is 2.91. The number of nitrogens with one attached hydrogen (secondary N) is 1. The minimum atomic E-state index is -0.0391. The first kappa shape index (κ1) is 11.8. The van der Waals surface area contributed by atoms with Crippen molar-refractivity contribution in [2.75, 3.05) is 5.43 Å². The lowest BCUT2D eigenvalue weighted by Gasteiger charge is -2.01. The molecule has 0 fully saturated rings. The quantitative estimate of drug-likeness (QED) is 0.589. The summed E-state index contributed by atoms with van der Waals surface area (Å²) >= 11 is 1.17. The highest BCUT2D eigenvalue weighted by Gasteiger charge is 2.09. The maximum absolute atomic E-state index is 11.9. The largest absolute Gasteiger partial charge is 0.328 e. The smallest absolute Gasteiger partial charge is 0.313 e. The molecule has 0 aromatic carbocycles. The van der Waals surface area contributed by atoms with Gasteiger partial charge in [-0.15, -0.1) is 5.10 Å². The van der Waals surface area contributed by atoms with Gasteiger partial charge in [0.2, 0.25) is 0 Å². The van der Waals surface area contributed by atoms with Gasteiger partial charge in [0.1, 0.15) is 10.7 Å². The molecule has 17 heavy (non-hydrogen) atoms. The summed E-state index contributed by atoms with van der Waals surface area (Å²) in [5, 5.41) is 4.62. The third-order valence-corrected chi connectivity index (χ3v) is 3.09. The summed E-state index contributed by atoms with van der Waals surface area (Å²) in [5.74, 6) is 5.33. The zero-order chi connectivity index (χ0) is 12.3. The van der Waals surface area contributed by atoms with Crippen molar-refractivity contribution >= 4 is 16.5 Å². The van der Waals surface area contributed by atoms with Crippen molar-refractivity contribution in [3.8, 4) is 0 Å². The number of hydrogen-bond acceptors (Lipinski definition) is 6. The van der Waals surface area contributed by atoms with E-state index in [4.69, 9.17) is 5.84 Å². The first-order valence-corrected chi connectivity index (χ1v) is 6.07. The van der Waals surface area contributed by atoms with Gasteiger partial charge >= 0.3 is 5.69 Å². The number of nitrogen functional groups attached to an aromatic ring is 1. The van der Waals surface area contributed by atoms with Crippen molar-refractivity contribution in [1.29, 1.82) is 0 Å². The van der Waals surface area contributed by atoms with Crippen LogP contribution in [-0.2, 0) is 13.1 Å². The van der Waals surface area contributed by atoms with Crippen molar-refractivity contribution in [3.63, 3.8) is 0 Å². The van der Waals surface area contributed by atoms with E-state index < -0.39 is 0 Å². The molecule has 0 bridgehead atoms. The molecule has 0 aliphatic rings. The number of hydrazine groups is 1. The number of aromatic nitrogens is 4. The summed E-state index contributed by atoms with van der Waals surface area (Å²) in [7, 11) is 0. The van der Waals surface area contributed by atoms with Gasteiger partial charge < -0.3 is 5.43 Å². The van der Waals surface area contributed by atoms with Gasteiger partial charge in [-0.2, -0.15) is 0 Å². The van der Waals surface area contributed by atoms with Gasteiger partial charge in [-0.05, 0) is 6.42 Å². The number of hydrogen-bond donors (Lipinski definition) is 2. The maximum Gasteiger partial charge on any atom is 0.328 e. The molecule has 0 spiro atoms. The highest BCUT2D eigenvalue weighted by Crippen LogP contribution is 2.16. The molecule has 8 heteroatoms. The maximum atomic E-state index is 11.9. The van der Waals surface area contributed by atoms with Crippen molar-refractivity contribution in [1.82, 2.24) is 18.7 Å². The van der Waals surface area contributed by atoms with E-state index >= 15 is 0 Å². The normalized spacial score (nSPS) is 10.7. The van der Waals surface area contributed by atoms with E-state index in [2.05, 4.69) is 15.0 Å². The van der Waals surface area contributed by atoms with Crippen LogP contribution in [0.15, 0.2) is 17.2 Å². The summed E-state index contributed by atoms with van der Waals surface area (Å²) < 4.78 is 7.06. The summed E-state index contributed by atoms with van der Waals surface area (Å²) in [6.45, 7) is 3.14. The molecular formula is C9H14N6OS. The van der Waals surface area contributed by atoms with Crippen LogP contribution in [-0.4, -0.2) is 18.7 Å². The highest BCUT2D eigenvalue weighted by molar-refractivity contribution is 7.10. The summed E-state index contributed by atoms with van der Waals surface area (Å²) in [4.78, 5) is 11.9. The monoisotopic (exact) mass is 254 g/mol. The lowest BCUT2D eigenvalue weighted by atomic mass is 10.4. The number of rotatable bonds is 5. The number of imidazole rings is 1. The molecule has 0 unspecified atom stereocenters. The molecule has 0 radical (unpaired) electrons. The topological polar surface area (TPSA) is 90.8 Å². The van der Waals surface area contributed by atoms with E-state index in [0.29, 0.717) is 17.2 Å². The first-order chi connectivity index (χ1) is 8.26. The Bertz CT molecular complexity index is 542. The Kier molecular flexibility index (Phi) is 3.55. The second-order valence-electron chi connectivity index (χ2n) is 3.60. The van der Waals surface area contributed by atoms with Crippen molar-refractivity contribution in [3.05, 3.63) is 28.6 Å². The third-order valence-electron chi connectivity index (χ3n) is 2.39. The summed E-state index contributed by atoms with van der Waals surface area (Å²) in [6, 6.07) is 0. The van der Waals surface area contributed by atoms with Crippen molar-refractivity contribution in [2.45, 2.75) is 26.4 Å². The summed E-state index contributed by atoms with van der Waals surface area (Å²) in [6.07, 6.45) is 4.45. The van der Waals surface area contributed by atoms with Crippen molar-refractivity contribution < 1.29 is 0 Å². The van der Waals surface area contributed by atoms with Crippen LogP contribution in [0, 0.1) is 0 Å². The Morgan fingerprint density at radius 1 is 1.47 bits per heavy atom. The van der Waals surface area contributed by atoms with Crippen LogP contribution in [0.3, 0.4) is 0 Å². The van der Waals surface area contributed by atoms with Crippen LogP contribution in [0.1, 0.15) is 19.0 Å². The zero-order valence-electron chi connectivity index (χ0n) is 9.46. The fourth-order valence-corrected chi connectivity index (χ4v) is 2.05. The molecule has 2 rings (SSSR count). The van der Waals surface area contributed by atoms with Gasteiger partial charge in [0.05, 0.1) is 6.54 Å². The molecule has 2 heterocycles. The number of nitrogens with zero attached hydrogens (tertiary/aromatic N) is 4. The molecule has 0 aliphatic heterocycles. The lowest BCUT2D eigenvalue weighted by molar-refractivity contribution is 0.621. The number of anilines is 1. The van der Waals surface area contributed by atoms with E-state index in [-0.39, 0.29) is 5.69 Å². The van der Waals surface area contributed by atoms with E-state index in [1.54, 1.807) is 21.5 Å². The Hall–Kier alpha value is -1.67. The standard InChI is InChI=1S/C9H14N6OS/c1-2-3-14-4-5-15(9(14)16)6-7-8(11-10)17-13-12-7/h4-5,11H,2-3,6,10H2,1H3. The molecular weight excluding hydrogens is 240 g/mol. The van der Waals surface area contributed by atoms with E-state index in [1.165, 1.54) is 11.5 Å². The van der Waals surface area contributed by atoms with Crippen LogP contribution in [0.2, 0.25) is 0 Å². The van der Waals surface area contributed by atoms with Crippen molar-refractivity contribution in [2.24, 2.45) is 5.84 Å². The van der Waals surface area contributed by atoms with Crippen LogP contribution in [0.25, 0.3) is 0 Å². The molecule has 7 nitrogen and oxygen atoms in total. The lowest BCUT2D eigenvalue weighted by Crippen LogP contribution is -2.24. The van der Waals surface area contributed by atoms with Gasteiger partial charge in [-0.1, -0.05) is 11.4 Å². The average molecular weight is 254 g/mol. The molecule has 92 valence electrons. The fourth-order valence-electron chi connectivity index (χ4n) is 1.57. The molecule has 0 atom stereocenters. The Morgan fingerprint density at radius 3 is 2.94 bits per heavy atom. The van der Waals surface area contributed by atoms with Gasteiger partial charge in [-0.3, -0.25) is 9.13 Å². The van der Waals surface area contributed by atoms with Gasteiger partial charge in [0, 0.05) is 30.5 Å². The number of aryl methyl sites for hydroxylation is 1. The molecule has 0 amide bonds. The minimum absolute atomic E-state index is 0.0391. The highest BCUT2D eigenvalue weighted by atomic mass is 32.1. The van der Waals surface area contributed by atoms with E-state index in [9.17, 15) is 4.79 Å². The Balaban J connectivity index is 2.22. The fraction of sp³-hybridized carbons (Fsp3) is 0.444. The molecule has 0 saturated heterocycles. The molecule has 3 N–H and O–H groups in total. The zero-order valence-corrected chi connectivity index (χ0v) is 10.3. The van der Waals surface area contributed by atoms with Crippen LogP contribution >= 0.6 is 11.5 Å². The van der Waals surface area contributed by atoms with Gasteiger partial charge in [-0.25, -0.2) is 10.6 Å². The molecule has 0 aliphatic carbocycles. The predicted molar refractivity (Wildman–Crippen MR) is 65.8 cm³/mol. The Labute approximate surface area is 102 Å². The van der Waals surface area contributed by atoms with Crippen LogP contribution < -0.4 is 17.0 Å². The van der Waals surface area contributed by atoms with E-state index in [1.807, 2.05) is 6.92 Å². The van der Waals surface area contributed by atoms with Crippen LogP contribution in [0.4, 0.5) is 5.00 Å². The molecule has 2 aromatic heterocycles. The second kappa shape index (κ2) is 5.11. The van der Waals surface area contributed by atoms with Crippen LogP contribution in [0.5, 0.6) is 0 Å². The van der Waals surface area contributed by atoms with E-state index in [0.717, 1.165) is 13.0 Å². The molecule has 2 aromatic rings. The third kappa shape index (κ3) is 2.37. The first-order valence-electron chi connectivity index (χ1n) is 5.29. The number of nitrogens with two attached hydrogens (primary N) is 1. The summed E-state index contributed by atoms with van der Waals surface area (Å²) in [5.41, 5.74) is 3.15. The SMILES string of the molecule is CCCn1ccn(Cc2nnsc2NN)c1=O. The molecule has 0 saturated carbocycles. The van der Waals surface area contributed by atoms with Gasteiger partial charge in [0.25, 0.3) is 0 Å². The second-order valence-corrected chi connectivity index (χ2v) is 4.35. The predicted octanol–water partition coefficient (Wildman–Crippen LogP) is 0.245. The van der Waals surface area contributed by atoms with Gasteiger partial charge in [0.15, 0.2) is 0 Å².